The average Bonchev–Trinajstić information content (AvgIpc) is 2.92. The quantitative estimate of drug-likeness (QED) is 0.546. The lowest BCUT2D eigenvalue weighted by molar-refractivity contribution is -0.151. The summed E-state index contributed by atoms with van der Waals surface area (Å²) in [4.78, 5) is 37.9. The molecule has 156 valence electrons. The van der Waals surface area contributed by atoms with Crippen LogP contribution < -0.4 is 10.6 Å². The Morgan fingerprint density at radius 3 is 2.15 bits per heavy atom. The Kier molecular flexibility index (Phi) is 7.48. The Balaban J connectivity index is 2.56. The highest BCUT2D eigenvalue weighted by Crippen LogP contribution is 2.18. The number of hydrogen-bond acceptors (Lipinski definition) is 7. The predicted octanol–water partition coefficient (Wildman–Crippen LogP) is 1.65. The fourth-order valence-corrected chi connectivity index (χ4v) is 2.37. The summed E-state index contributed by atoms with van der Waals surface area (Å²) in [5, 5.41) is 5.69. The van der Waals surface area contributed by atoms with Crippen LogP contribution in [0.3, 0.4) is 0 Å². The normalized spacial score (nSPS) is 20.0. The highest BCUT2D eigenvalue weighted by Gasteiger charge is 2.45. The van der Waals surface area contributed by atoms with E-state index in [0.717, 1.165) is 0 Å². The second kappa shape index (κ2) is 8.77. The molecule has 0 saturated carbocycles. The molecule has 1 fully saturated rings. The zero-order valence-electron chi connectivity index (χ0n) is 17.4. The van der Waals surface area contributed by atoms with Crippen LogP contribution in [0.2, 0.25) is 0 Å². The van der Waals surface area contributed by atoms with Crippen molar-refractivity contribution in [2.45, 2.75) is 64.7 Å². The van der Waals surface area contributed by atoms with Crippen LogP contribution in [0.4, 0.5) is 9.59 Å². The van der Waals surface area contributed by atoms with Gasteiger partial charge in [0.1, 0.15) is 17.8 Å². The first-order valence-electron chi connectivity index (χ1n) is 9.07. The topological polar surface area (TPSA) is 106 Å². The maximum absolute atomic E-state index is 12.6. The van der Waals surface area contributed by atoms with Gasteiger partial charge in [-0.05, 0) is 54.5 Å². The molecule has 1 aliphatic heterocycles. The molecule has 0 bridgehead atoms. The van der Waals surface area contributed by atoms with Crippen LogP contribution in [-0.2, 0) is 19.0 Å². The van der Waals surface area contributed by atoms with Gasteiger partial charge in [-0.15, -0.1) is 0 Å². The number of alkyl carbamates (subject to hydrolysis) is 1. The van der Waals surface area contributed by atoms with Crippen molar-refractivity contribution in [1.29, 1.82) is 0 Å². The van der Waals surface area contributed by atoms with Gasteiger partial charge in [0.05, 0.1) is 6.54 Å². The Bertz CT molecular complexity index is 544. The second-order valence-electron chi connectivity index (χ2n) is 8.67. The van der Waals surface area contributed by atoms with Crippen LogP contribution in [0.15, 0.2) is 0 Å². The Morgan fingerprint density at radius 2 is 1.67 bits per heavy atom. The summed E-state index contributed by atoms with van der Waals surface area (Å²) in [7, 11) is 1.56. The molecule has 1 heterocycles. The zero-order chi connectivity index (χ0) is 20.9. The maximum Gasteiger partial charge on any atom is 0.410 e. The van der Waals surface area contributed by atoms with Gasteiger partial charge in [-0.3, -0.25) is 0 Å². The molecule has 0 spiro atoms. The summed E-state index contributed by atoms with van der Waals surface area (Å²) < 4.78 is 15.8. The average molecular weight is 387 g/mol. The van der Waals surface area contributed by atoms with Crippen molar-refractivity contribution in [3.8, 4) is 0 Å². The minimum absolute atomic E-state index is 0.00761. The first kappa shape index (κ1) is 23.0. The lowest BCUT2D eigenvalue weighted by Crippen LogP contribution is -2.57. The van der Waals surface area contributed by atoms with Crippen LogP contribution in [0.25, 0.3) is 0 Å². The molecule has 2 N–H and O–H groups in total. The van der Waals surface area contributed by atoms with Crippen molar-refractivity contribution < 1.29 is 28.6 Å². The molecule has 1 aliphatic rings. The van der Waals surface area contributed by atoms with Crippen molar-refractivity contribution in [3.05, 3.63) is 0 Å². The van der Waals surface area contributed by atoms with Gasteiger partial charge in [0, 0.05) is 13.6 Å². The van der Waals surface area contributed by atoms with Crippen LogP contribution >= 0.6 is 0 Å². The number of carbonyl (C=O) groups excluding carboxylic acids is 3. The van der Waals surface area contributed by atoms with E-state index in [1.165, 1.54) is 4.90 Å². The first-order valence-corrected chi connectivity index (χ1v) is 9.07. The first-order chi connectivity index (χ1) is 12.2. The lowest BCUT2D eigenvalue weighted by atomic mass is 9.99. The smallest absolute Gasteiger partial charge is 0.410 e. The van der Waals surface area contributed by atoms with Gasteiger partial charge < -0.3 is 29.7 Å². The third-order valence-electron chi connectivity index (χ3n) is 3.65. The molecular weight excluding hydrogens is 354 g/mol. The van der Waals surface area contributed by atoms with Crippen molar-refractivity contribution in [1.82, 2.24) is 15.5 Å². The summed E-state index contributed by atoms with van der Waals surface area (Å²) in [6.45, 7) is 11.6. The number of esters is 1. The molecule has 9 nitrogen and oxygen atoms in total. The highest BCUT2D eigenvalue weighted by atomic mass is 16.6. The number of amides is 2. The number of nitrogens with one attached hydrogen (secondary N) is 2. The Hall–Kier alpha value is -2.03. The summed E-state index contributed by atoms with van der Waals surface area (Å²) in [6.07, 6.45) is -0.774. The van der Waals surface area contributed by atoms with Crippen molar-refractivity contribution in [2.24, 2.45) is 0 Å². The molecule has 0 aromatic rings. The van der Waals surface area contributed by atoms with Crippen molar-refractivity contribution >= 4 is 18.2 Å². The van der Waals surface area contributed by atoms with E-state index in [1.54, 1.807) is 48.6 Å². The molecule has 2 amide bonds. The van der Waals surface area contributed by atoms with Gasteiger partial charge in [-0.1, -0.05) is 0 Å². The lowest BCUT2D eigenvalue weighted by Gasteiger charge is -2.29. The van der Waals surface area contributed by atoms with E-state index < -0.39 is 34.9 Å². The second-order valence-corrected chi connectivity index (χ2v) is 8.67. The summed E-state index contributed by atoms with van der Waals surface area (Å²) >= 11 is 0. The van der Waals surface area contributed by atoms with Crippen LogP contribution in [0.5, 0.6) is 0 Å². The van der Waals surface area contributed by atoms with Crippen LogP contribution in [0, 0.1) is 0 Å². The number of rotatable bonds is 5. The molecule has 1 saturated heterocycles. The monoisotopic (exact) mass is 387 g/mol. The van der Waals surface area contributed by atoms with Gasteiger partial charge >= 0.3 is 18.2 Å². The predicted molar refractivity (Wildman–Crippen MR) is 99.4 cm³/mol. The Labute approximate surface area is 161 Å². The number of ether oxygens (including phenoxy) is 3. The molecule has 9 heteroatoms. The maximum atomic E-state index is 12.6. The molecule has 1 rings (SSSR count). The van der Waals surface area contributed by atoms with Crippen LogP contribution in [0.1, 0.15) is 48.0 Å². The standard InChI is InChI=1S/C18H33N3O6/c1-16(2,3)26-14(23)20-18(8-9-19-12-18)13(22)25-11-10-21(7)15(24)27-17(4,5)6/h19H,8-12H2,1-7H3,(H,20,23). The molecule has 0 aliphatic carbocycles. The Morgan fingerprint density at radius 1 is 1.07 bits per heavy atom. The van der Waals surface area contributed by atoms with E-state index in [9.17, 15) is 14.4 Å². The number of hydrogen-bond donors (Lipinski definition) is 2. The SMILES string of the molecule is CN(CCOC(=O)C1(NC(=O)OC(C)(C)C)CCNC1)C(=O)OC(C)(C)C. The molecule has 1 atom stereocenters. The highest BCUT2D eigenvalue weighted by molar-refractivity contribution is 5.86. The largest absolute Gasteiger partial charge is 0.462 e. The number of nitrogens with zero attached hydrogens (tertiary/aromatic N) is 1. The number of carbonyl (C=O) groups is 3. The fourth-order valence-electron chi connectivity index (χ4n) is 2.37. The number of likely N-dealkylation sites (N-methyl/N-ethyl adjacent to an activating group) is 1. The fraction of sp³-hybridized carbons (Fsp3) is 0.833. The van der Waals surface area contributed by atoms with E-state index in [2.05, 4.69) is 10.6 Å². The molecule has 27 heavy (non-hydrogen) atoms. The third-order valence-corrected chi connectivity index (χ3v) is 3.65. The minimum Gasteiger partial charge on any atom is -0.462 e. The zero-order valence-corrected chi connectivity index (χ0v) is 17.4. The molecule has 0 aromatic heterocycles. The van der Waals surface area contributed by atoms with Gasteiger partial charge in [-0.2, -0.15) is 0 Å². The van der Waals surface area contributed by atoms with Crippen molar-refractivity contribution in [3.63, 3.8) is 0 Å². The van der Waals surface area contributed by atoms with Crippen molar-refractivity contribution in [2.75, 3.05) is 33.3 Å². The summed E-state index contributed by atoms with van der Waals surface area (Å²) in [6, 6.07) is 0. The van der Waals surface area contributed by atoms with Crippen LogP contribution in [-0.4, -0.2) is 73.1 Å². The van der Waals surface area contributed by atoms with E-state index in [4.69, 9.17) is 14.2 Å². The molecule has 1 unspecified atom stereocenters. The third kappa shape index (κ3) is 8.03. The summed E-state index contributed by atoms with van der Waals surface area (Å²) in [5.74, 6) is -0.559. The van der Waals surface area contributed by atoms with E-state index >= 15 is 0 Å². The molecule has 0 radical (unpaired) electrons. The van der Waals surface area contributed by atoms with Gasteiger partial charge in [-0.25, -0.2) is 14.4 Å². The van der Waals surface area contributed by atoms with E-state index in [1.807, 2.05) is 0 Å². The van der Waals surface area contributed by atoms with E-state index in [0.29, 0.717) is 13.0 Å². The molecular formula is C18H33N3O6. The minimum atomic E-state index is -1.17. The van der Waals surface area contributed by atoms with Gasteiger partial charge in [0.2, 0.25) is 0 Å². The molecule has 0 aromatic carbocycles. The van der Waals surface area contributed by atoms with Gasteiger partial charge in [0.25, 0.3) is 0 Å². The van der Waals surface area contributed by atoms with E-state index in [-0.39, 0.29) is 19.7 Å². The summed E-state index contributed by atoms with van der Waals surface area (Å²) in [5.41, 5.74) is -2.44. The van der Waals surface area contributed by atoms with Gasteiger partial charge in [0.15, 0.2) is 5.54 Å².